The van der Waals surface area contributed by atoms with E-state index in [1.54, 1.807) is 0 Å². The summed E-state index contributed by atoms with van der Waals surface area (Å²) in [6.45, 7) is 12.8. The molecule has 0 radical (unpaired) electrons. The standard InChI is InChI=1S/C27H49N/c1-18(2)7-6-8-19(3)23-11-12-24-22-10-9-20-17-21(28)13-15-26(20,4)25(22)14-16-27(23,24)5/h18-25H,6-17,28H2,1-5H3/t19-,20?,21-,22+,23?,24+,25+,26?,27-/m1/s1. The maximum absolute atomic E-state index is 6.39. The monoisotopic (exact) mass is 387 g/mol. The van der Waals surface area contributed by atoms with Crippen LogP contribution in [0.15, 0.2) is 0 Å². The molecule has 2 N–H and O–H groups in total. The van der Waals surface area contributed by atoms with E-state index in [4.69, 9.17) is 5.73 Å². The average molecular weight is 388 g/mol. The number of rotatable bonds is 5. The Bertz CT molecular complexity index is 540. The molecule has 0 heterocycles. The lowest BCUT2D eigenvalue weighted by Crippen LogP contribution is -2.54. The molecule has 0 bridgehead atoms. The Morgan fingerprint density at radius 2 is 1.54 bits per heavy atom. The van der Waals surface area contributed by atoms with Crippen LogP contribution in [0.2, 0.25) is 0 Å². The Hall–Kier alpha value is -0.0400. The van der Waals surface area contributed by atoms with Crippen molar-refractivity contribution >= 4 is 0 Å². The molecule has 0 aromatic rings. The summed E-state index contributed by atoms with van der Waals surface area (Å²) in [4.78, 5) is 0. The highest BCUT2D eigenvalue weighted by Gasteiger charge is 2.60. The lowest BCUT2D eigenvalue weighted by molar-refractivity contribution is -0.116. The SMILES string of the molecule is CC(C)CCC[C@@H](C)C1CC[C@H]2[C@@H]3CCC4C[C@H](N)CCC4(C)[C@H]3CC[C@]12C. The van der Waals surface area contributed by atoms with E-state index in [0.717, 1.165) is 41.4 Å². The normalized spacial score (nSPS) is 49.4. The molecule has 28 heavy (non-hydrogen) atoms. The third-order valence-corrected chi connectivity index (χ3v) is 10.9. The van der Waals surface area contributed by atoms with Gasteiger partial charge in [0.2, 0.25) is 0 Å². The van der Waals surface area contributed by atoms with Crippen molar-refractivity contribution in [3.8, 4) is 0 Å². The molecular weight excluding hydrogens is 338 g/mol. The molecule has 0 spiro atoms. The zero-order valence-corrected chi connectivity index (χ0v) is 19.7. The van der Waals surface area contributed by atoms with Crippen LogP contribution in [0.1, 0.15) is 112 Å². The minimum absolute atomic E-state index is 0.492. The van der Waals surface area contributed by atoms with Crippen LogP contribution in [0.25, 0.3) is 0 Å². The second-order valence-corrected chi connectivity index (χ2v) is 12.7. The van der Waals surface area contributed by atoms with Crippen LogP contribution < -0.4 is 5.73 Å². The number of hydrogen-bond acceptors (Lipinski definition) is 1. The first-order chi connectivity index (χ1) is 13.3. The van der Waals surface area contributed by atoms with Gasteiger partial charge in [0, 0.05) is 6.04 Å². The Morgan fingerprint density at radius 3 is 2.29 bits per heavy atom. The summed E-state index contributed by atoms with van der Waals surface area (Å²) < 4.78 is 0. The van der Waals surface area contributed by atoms with Gasteiger partial charge < -0.3 is 5.73 Å². The first-order valence-electron chi connectivity index (χ1n) is 13.0. The average Bonchev–Trinajstić information content (AvgIpc) is 2.99. The topological polar surface area (TPSA) is 26.0 Å². The van der Waals surface area contributed by atoms with Crippen LogP contribution in [-0.2, 0) is 0 Å². The Morgan fingerprint density at radius 1 is 0.821 bits per heavy atom. The van der Waals surface area contributed by atoms with Gasteiger partial charge in [0.1, 0.15) is 0 Å². The molecule has 4 fully saturated rings. The van der Waals surface area contributed by atoms with Gasteiger partial charge >= 0.3 is 0 Å². The lowest BCUT2D eigenvalue weighted by Gasteiger charge is -2.61. The van der Waals surface area contributed by atoms with Gasteiger partial charge in [-0.05, 0) is 110 Å². The van der Waals surface area contributed by atoms with Gasteiger partial charge in [0.25, 0.3) is 0 Å². The molecule has 1 nitrogen and oxygen atoms in total. The van der Waals surface area contributed by atoms with E-state index in [9.17, 15) is 0 Å². The van der Waals surface area contributed by atoms with E-state index in [1.807, 2.05) is 0 Å². The third-order valence-electron chi connectivity index (χ3n) is 10.9. The Balaban J connectivity index is 1.46. The van der Waals surface area contributed by atoms with Crippen molar-refractivity contribution in [1.82, 2.24) is 0 Å². The van der Waals surface area contributed by atoms with E-state index in [-0.39, 0.29) is 0 Å². The quantitative estimate of drug-likeness (QED) is 0.521. The maximum Gasteiger partial charge on any atom is 0.00418 e. The first-order valence-corrected chi connectivity index (χ1v) is 13.0. The smallest absolute Gasteiger partial charge is 0.00418 e. The van der Waals surface area contributed by atoms with Crippen molar-refractivity contribution in [3.05, 3.63) is 0 Å². The van der Waals surface area contributed by atoms with Gasteiger partial charge in [0.05, 0.1) is 0 Å². The summed E-state index contributed by atoms with van der Waals surface area (Å²) in [5.41, 5.74) is 7.64. The minimum atomic E-state index is 0.492. The summed E-state index contributed by atoms with van der Waals surface area (Å²) >= 11 is 0. The largest absolute Gasteiger partial charge is 0.328 e. The van der Waals surface area contributed by atoms with E-state index in [2.05, 4.69) is 34.6 Å². The molecule has 1 heteroatoms. The van der Waals surface area contributed by atoms with E-state index < -0.39 is 0 Å². The Labute approximate surface area is 176 Å². The molecule has 162 valence electrons. The van der Waals surface area contributed by atoms with E-state index in [1.165, 1.54) is 77.0 Å². The zero-order valence-electron chi connectivity index (χ0n) is 19.7. The van der Waals surface area contributed by atoms with Gasteiger partial charge in [-0.1, -0.05) is 53.9 Å². The molecule has 0 aromatic carbocycles. The van der Waals surface area contributed by atoms with Crippen molar-refractivity contribution in [2.24, 2.45) is 58.0 Å². The second-order valence-electron chi connectivity index (χ2n) is 12.7. The van der Waals surface area contributed by atoms with Crippen LogP contribution in [0, 0.1) is 52.3 Å². The van der Waals surface area contributed by atoms with Crippen LogP contribution >= 0.6 is 0 Å². The van der Waals surface area contributed by atoms with Crippen LogP contribution in [0.3, 0.4) is 0 Å². The number of hydrogen-bond donors (Lipinski definition) is 1. The lowest BCUT2D eigenvalue weighted by atomic mass is 9.44. The molecule has 9 atom stereocenters. The van der Waals surface area contributed by atoms with Crippen LogP contribution in [-0.4, -0.2) is 6.04 Å². The van der Waals surface area contributed by atoms with Gasteiger partial charge in [-0.15, -0.1) is 0 Å². The second kappa shape index (κ2) is 7.90. The van der Waals surface area contributed by atoms with Crippen molar-refractivity contribution in [2.75, 3.05) is 0 Å². The van der Waals surface area contributed by atoms with Crippen molar-refractivity contribution in [3.63, 3.8) is 0 Å². The van der Waals surface area contributed by atoms with Crippen LogP contribution in [0.4, 0.5) is 0 Å². The van der Waals surface area contributed by atoms with Gasteiger partial charge in [-0.25, -0.2) is 0 Å². The highest BCUT2D eigenvalue weighted by Crippen LogP contribution is 2.68. The fraction of sp³-hybridized carbons (Fsp3) is 1.00. The van der Waals surface area contributed by atoms with Gasteiger partial charge in [-0.3, -0.25) is 0 Å². The summed E-state index contributed by atoms with van der Waals surface area (Å²) in [6.07, 6.45) is 17.5. The van der Waals surface area contributed by atoms with Crippen molar-refractivity contribution in [2.45, 2.75) is 118 Å². The molecule has 3 unspecified atom stereocenters. The highest BCUT2D eigenvalue weighted by atomic mass is 14.7. The maximum atomic E-state index is 6.39. The number of fused-ring (bicyclic) bond motifs is 5. The molecule has 4 saturated carbocycles. The summed E-state index contributed by atoms with van der Waals surface area (Å²) in [5.74, 6) is 6.79. The first kappa shape index (κ1) is 21.2. The van der Waals surface area contributed by atoms with Crippen molar-refractivity contribution < 1.29 is 0 Å². The molecule has 0 aromatic heterocycles. The molecule has 4 aliphatic rings. The van der Waals surface area contributed by atoms with E-state index >= 15 is 0 Å². The molecule has 4 rings (SSSR count). The molecule has 0 aliphatic heterocycles. The van der Waals surface area contributed by atoms with Crippen molar-refractivity contribution in [1.29, 1.82) is 0 Å². The molecular formula is C27H49N. The Kier molecular flexibility index (Phi) is 5.98. The third kappa shape index (κ3) is 3.50. The molecule has 0 saturated heterocycles. The molecule has 0 amide bonds. The van der Waals surface area contributed by atoms with Gasteiger partial charge in [0.15, 0.2) is 0 Å². The fourth-order valence-electron chi connectivity index (χ4n) is 9.32. The molecule has 4 aliphatic carbocycles. The zero-order chi connectivity index (χ0) is 20.1. The van der Waals surface area contributed by atoms with Crippen LogP contribution in [0.5, 0.6) is 0 Å². The summed E-state index contributed by atoms with van der Waals surface area (Å²) in [5, 5.41) is 0. The fourth-order valence-corrected chi connectivity index (χ4v) is 9.32. The predicted octanol–water partition coefficient (Wildman–Crippen LogP) is 7.44. The predicted molar refractivity (Wildman–Crippen MR) is 121 cm³/mol. The number of nitrogens with two attached hydrogens (primary N) is 1. The summed E-state index contributed by atoms with van der Waals surface area (Å²) in [7, 11) is 0. The van der Waals surface area contributed by atoms with Gasteiger partial charge in [-0.2, -0.15) is 0 Å². The van der Waals surface area contributed by atoms with E-state index in [0.29, 0.717) is 16.9 Å². The minimum Gasteiger partial charge on any atom is -0.328 e. The highest BCUT2D eigenvalue weighted by molar-refractivity contribution is 5.09. The summed E-state index contributed by atoms with van der Waals surface area (Å²) in [6, 6.07) is 0.492.